The first-order valence-electron chi connectivity index (χ1n) is 10.1. The van der Waals surface area contributed by atoms with Crippen LogP contribution >= 0.6 is 0 Å². The molecule has 31 heavy (non-hydrogen) atoms. The Kier molecular flexibility index (Phi) is 5.88. The third-order valence-corrected chi connectivity index (χ3v) is 5.07. The molecule has 1 saturated heterocycles. The van der Waals surface area contributed by atoms with Crippen molar-refractivity contribution >= 4 is 23.4 Å². The summed E-state index contributed by atoms with van der Waals surface area (Å²) in [6, 6.07) is 6.90. The topological polar surface area (TPSA) is 92.8 Å². The Balaban J connectivity index is 1.75. The number of hydrogen-bond donors (Lipinski definition) is 2. The molecule has 0 amide bonds. The largest absolute Gasteiger partial charge is 0.418 e. The van der Waals surface area contributed by atoms with Crippen LogP contribution in [0, 0.1) is 0 Å². The van der Waals surface area contributed by atoms with E-state index in [1.807, 2.05) is 0 Å². The van der Waals surface area contributed by atoms with Crippen molar-refractivity contribution in [2.24, 2.45) is 0 Å². The van der Waals surface area contributed by atoms with E-state index in [2.05, 4.69) is 30.2 Å². The Bertz CT molecular complexity index is 1030. The molecule has 10 heteroatoms. The normalized spacial score (nSPS) is 14.9. The van der Waals surface area contributed by atoms with Crippen LogP contribution in [0.15, 0.2) is 42.7 Å². The highest BCUT2D eigenvalue weighted by Crippen LogP contribution is 2.36. The SMILES string of the molecule is Nc1ncc(-c2cc(Nc3ccccc3C(F)(F)F)nc(N3CCCCCC3)n2)cn1. The number of benzene rings is 1. The summed E-state index contributed by atoms with van der Waals surface area (Å²) in [6.45, 7) is 1.58. The minimum absolute atomic E-state index is 0.0741. The van der Waals surface area contributed by atoms with Crippen LogP contribution in [0.25, 0.3) is 11.3 Å². The lowest BCUT2D eigenvalue weighted by molar-refractivity contribution is -0.136. The van der Waals surface area contributed by atoms with Crippen LogP contribution in [0.4, 0.5) is 36.6 Å². The molecule has 1 aliphatic heterocycles. The minimum Gasteiger partial charge on any atom is -0.368 e. The quantitative estimate of drug-likeness (QED) is 0.623. The number of hydrogen-bond acceptors (Lipinski definition) is 7. The zero-order chi connectivity index (χ0) is 21.8. The lowest BCUT2D eigenvalue weighted by Crippen LogP contribution is -2.26. The highest BCUT2D eigenvalue weighted by Gasteiger charge is 2.33. The summed E-state index contributed by atoms with van der Waals surface area (Å²) in [5, 5.41) is 2.83. The number of anilines is 4. The van der Waals surface area contributed by atoms with Gasteiger partial charge < -0.3 is 16.0 Å². The molecule has 0 aliphatic carbocycles. The first kappa shape index (κ1) is 20.8. The van der Waals surface area contributed by atoms with Gasteiger partial charge in [-0.3, -0.25) is 0 Å². The molecule has 1 aliphatic rings. The van der Waals surface area contributed by atoms with Crippen LogP contribution in [-0.2, 0) is 6.18 Å². The summed E-state index contributed by atoms with van der Waals surface area (Å²) in [4.78, 5) is 19.2. The Morgan fingerprint density at radius 1 is 0.935 bits per heavy atom. The second-order valence-electron chi connectivity index (χ2n) is 7.34. The van der Waals surface area contributed by atoms with Crippen LogP contribution in [0.2, 0.25) is 0 Å². The summed E-state index contributed by atoms with van der Waals surface area (Å²) in [6.07, 6.45) is 2.86. The Morgan fingerprint density at radius 2 is 1.61 bits per heavy atom. The summed E-state index contributed by atoms with van der Waals surface area (Å²) < 4.78 is 40.3. The number of nitrogen functional groups attached to an aromatic ring is 1. The number of halogens is 3. The molecule has 3 aromatic rings. The number of nitrogens with two attached hydrogens (primary N) is 1. The standard InChI is InChI=1S/C21H22F3N7/c22-21(23,24)15-7-3-4-8-16(15)28-18-11-17(14-12-26-19(25)27-13-14)29-20(30-18)31-9-5-1-2-6-10-31/h3-4,7-8,11-13H,1-2,5-6,9-10H2,(H2,25,26,27)(H,28,29,30). The van der Waals surface area contributed by atoms with Gasteiger partial charge in [0.25, 0.3) is 0 Å². The Hall–Kier alpha value is -3.43. The lowest BCUT2D eigenvalue weighted by Gasteiger charge is -2.22. The Labute approximate surface area is 177 Å². The van der Waals surface area contributed by atoms with Crippen LogP contribution < -0.4 is 16.0 Å². The summed E-state index contributed by atoms with van der Waals surface area (Å²) in [5.41, 5.74) is 5.84. The molecule has 4 rings (SSSR count). The number of alkyl halides is 3. The fraction of sp³-hybridized carbons (Fsp3) is 0.333. The van der Waals surface area contributed by atoms with Gasteiger partial charge in [-0.2, -0.15) is 18.2 Å². The first-order valence-corrected chi connectivity index (χ1v) is 10.1. The van der Waals surface area contributed by atoms with Gasteiger partial charge in [0.1, 0.15) is 5.82 Å². The van der Waals surface area contributed by atoms with Crippen molar-refractivity contribution in [1.29, 1.82) is 0 Å². The van der Waals surface area contributed by atoms with Crippen molar-refractivity contribution < 1.29 is 13.2 Å². The van der Waals surface area contributed by atoms with Gasteiger partial charge in [0, 0.05) is 37.1 Å². The predicted octanol–water partition coefficient (Wildman–Crippen LogP) is 4.66. The maximum Gasteiger partial charge on any atom is 0.418 e. The van der Waals surface area contributed by atoms with E-state index in [0.717, 1.165) is 44.8 Å². The van der Waals surface area contributed by atoms with Gasteiger partial charge in [0.05, 0.1) is 16.9 Å². The lowest BCUT2D eigenvalue weighted by atomic mass is 10.1. The fourth-order valence-electron chi connectivity index (χ4n) is 3.51. The van der Waals surface area contributed by atoms with E-state index in [1.165, 1.54) is 24.5 Å². The van der Waals surface area contributed by atoms with Crippen LogP contribution in [0.1, 0.15) is 31.2 Å². The van der Waals surface area contributed by atoms with E-state index in [9.17, 15) is 13.2 Å². The number of para-hydroxylation sites is 1. The average Bonchev–Trinajstić information content (AvgIpc) is 3.03. The molecule has 0 radical (unpaired) electrons. The van der Waals surface area contributed by atoms with Gasteiger partial charge in [-0.15, -0.1) is 0 Å². The molecule has 2 aromatic heterocycles. The third-order valence-electron chi connectivity index (χ3n) is 5.07. The van der Waals surface area contributed by atoms with Crippen molar-refractivity contribution in [1.82, 2.24) is 19.9 Å². The summed E-state index contributed by atoms with van der Waals surface area (Å²) in [5.74, 6) is 0.851. The number of nitrogens with one attached hydrogen (secondary N) is 1. The number of aromatic nitrogens is 4. The van der Waals surface area contributed by atoms with Gasteiger partial charge >= 0.3 is 6.18 Å². The van der Waals surface area contributed by atoms with Gasteiger partial charge in [0.2, 0.25) is 11.9 Å². The molecule has 0 saturated carbocycles. The molecule has 162 valence electrons. The van der Waals surface area contributed by atoms with E-state index < -0.39 is 11.7 Å². The van der Waals surface area contributed by atoms with E-state index in [0.29, 0.717) is 17.2 Å². The van der Waals surface area contributed by atoms with Crippen molar-refractivity contribution in [2.75, 3.05) is 29.0 Å². The molecule has 3 N–H and O–H groups in total. The molecule has 0 spiro atoms. The summed E-state index contributed by atoms with van der Waals surface area (Å²) in [7, 11) is 0. The average molecular weight is 429 g/mol. The van der Waals surface area contributed by atoms with Crippen molar-refractivity contribution in [2.45, 2.75) is 31.9 Å². The van der Waals surface area contributed by atoms with E-state index in [1.54, 1.807) is 12.1 Å². The molecular weight excluding hydrogens is 407 g/mol. The van der Waals surface area contributed by atoms with E-state index >= 15 is 0 Å². The van der Waals surface area contributed by atoms with Gasteiger partial charge in [0.15, 0.2) is 0 Å². The Morgan fingerprint density at radius 3 is 2.29 bits per heavy atom. The second kappa shape index (κ2) is 8.75. The summed E-state index contributed by atoms with van der Waals surface area (Å²) >= 11 is 0. The smallest absolute Gasteiger partial charge is 0.368 e. The number of rotatable bonds is 4. The third kappa shape index (κ3) is 5.01. The molecular formula is C21H22F3N7. The molecule has 1 aromatic carbocycles. The highest BCUT2D eigenvalue weighted by molar-refractivity contribution is 5.68. The molecule has 7 nitrogen and oxygen atoms in total. The minimum atomic E-state index is -4.49. The monoisotopic (exact) mass is 429 g/mol. The van der Waals surface area contributed by atoms with Gasteiger partial charge in [-0.05, 0) is 25.0 Å². The van der Waals surface area contributed by atoms with Crippen molar-refractivity contribution in [3.8, 4) is 11.3 Å². The molecule has 0 unspecified atom stereocenters. The predicted molar refractivity (Wildman–Crippen MR) is 113 cm³/mol. The zero-order valence-electron chi connectivity index (χ0n) is 16.7. The maximum absolute atomic E-state index is 13.4. The molecule has 1 fully saturated rings. The molecule has 0 bridgehead atoms. The van der Waals surface area contributed by atoms with Crippen LogP contribution in [-0.4, -0.2) is 33.0 Å². The second-order valence-corrected chi connectivity index (χ2v) is 7.34. The molecule has 3 heterocycles. The van der Waals surface area contributed by atoms with Crippen molar-refractivity contribution in [3.05, 3.63) is 48.3 Å². The molecule has 0 atom stereocenters. The number of nitrogens with zero attached hydrogens (tertiary/aromatic N) is 5. The highest BCUT2D eigenvalue weighted by atomic mass is 19.4. The van der Waals surface area contributed by atoms with Gasteiger partial charge in [-0.25, -0.2) is 15.0 Å². The van der Waals surface area contributed by atoms with Crippen LogP contribution in [0.3, 0.4) is 0 Å². The van der Waals surface area contributed by atoms with Crippen LogP contribution in [0.5, 0.6) is 0 Å². The van der Waals surface area contributed by atoms with Gasteiger partial charge in [-0.1, -0.05) is 25.0 Å². The van der Waals surface area contributed by atoms with E-state index in [-0.39, 0.29) is 17.5 Å². The zero-order valence-corrected chi connectivity index (χ0v) is 16.7. The van der Waals surface area contributed by atoms with E-state index in [4.69, 9.17) is 5.73 Å². The maximum atomic E-state index is 13.4. The van der Waals surface area contributed by atoms with Crippen molar-refractivity contribution in [3.63, 3.8) is 0 Å². The first-order chi connectivity index (χ1) is 14.9. The fourth-order valence-corrected chi connectivity index (χ4v) is 3.51.